The van der Waals surface area contributed by atoms with E-state index < -0.39 is 18.6 Å². The van der Waals surface area contributed by atoms with E-state index in [0.717, 1.165) is 0 Å². The largest absolute Gasteiger partial charge is 0.497 e. The molecule has 0 aromatic heterocycles. The number of carbonyl (C=O) groups excluding carboxylic acids is 1. The van der Waals surface area contributed by atoms with E-state index in [1.807, 2.05) is 0 Å². The second-order valence-electron chi connectivity index (χ2n) is 4.00. The summed E-state index contributed by atoms with van der Waals surface area (Å²) in [5.74, 6) is -0.100. The molecule has 4 nitrogen and oxygen atoms in total. The van der Waals surface area contributed by atoms with Crippen LogP contribution in [0.5, 0.6) is 11.5 Å². The molecule has 0 aliphatic heterocycles. The van der Waals surface area contributed by atoms with Crippen LogP contribution in [0, 0.1) is 0 Å². The van der Waals surface area contributed by atoms with Gasteiger partial charge in [0.05, 0.1) is 19.8 Å². The highest BCUT2D eigenvalue weighted by Crippen LogP contribution is 2.27. The van der Waals surface area contributed by atoms with E-state index in [2.05, 4.69) is 0 Å². The third kappa shape index (κ3) is 4.04. The number of hydrogen-bond acceptors (Lipinski definition) is 3. The molecule has 0 spiro atoms. The van der Waals surface area contributed by atoms with Gasteiger partial charge in [-0.1, -0.05) is 0 Å². The molecule has 0 saturated carbocycles. The van der Waals surface area contributed by atoms with Crippen LogP contribution in [0.1, 0.15) is 17.3 Å². The zero-order valence-electron chi connectivity index (χ0n) is 11.5. The molecule has 1 amide bonds. The molecular weight excluding hydrogens is 275 g/mol. The van der Waals surface area contributed by atoms with Crippen LogP contribution in [0.3, 0.4) is 0 Å². The SMILES string of the molecule is CCN(CC(F)(F)F)C(=O)c1ccc(OC)cc1OC. The monoisotopic (exact) mass is 291 g/mol. The van der Waals surface area contributed by atoms with E-state index in [9.17, 15) is 18.0 Å². The zero-order chi connectivity index (χ0) is 15.3. The average molecular weight is 291 g/mol. The van der Waals surface area contributed by atoms with Crippen LogP contribution in [-0.4, -0.2) is 44.3 Å². The third-order valence-corrected chi connectivity index (χ3v) is 2.68. The van der Waals surface area contributed by atoms with Gasteiger partial charge in [0.15, 0.2) is 0 Å². The van der Waals surface area contributed by atoms with Crippen LogP contribution in [0.2, 0.25) is 0 Å². The molecule has 0 N–H and O–H groups in total. The molecule has 20 heavy (non-hydrogen) atoms. The number of carbonyl (C=O) groups is 1. The maximum Gasteiger partial charge on any atom is 0.406 e. The highest BCUT2D eigenvalue weighted by atomic mass is 19.4. The van der Waals surface area contributed by atoms with Crippen molar-refractivity contribution in [2.24, 2.45) is 0 Å². The van der Waals surface area contributed by atoms with Crippen molar-refractivity contribution in [2.75, 3.05) is 27.3 Å². The maximum absolute atomic E-state index is 12.4. The standard InChI is InChI=1S/C13H16F3NO3/c1-4-17(8-13(14,15)16)12(18)10-6-5-9(19-2)7-11(10)20-3/h5-7H,4,8H2,1-3H3. The van der Waals surface area contributed by atoms with Gasteiger partial charge in [0.25, 0.3) is 5.91 Å². The molecule has 0 heterocycles. The second kappa shape index (κ2) is 6.49. The Morgan fingerprint density at radius 2 is 1.90 bits per heavy atom. The van der Waals surface area contributed by atoms with E-state index in [4.69, 9.17) is 9.47 Å². The van der Waals surface area contributed by atoms with Crippen LogP contribution < -0.4 is 9.47 Å². The molecule has 0 unspecified atom stereocenters. The molecule has 0 saturated heterocycles. The molecule has 0 atom stereocenters. The lowest BCUT2D eigenvalue weighted by Crippen LogP contribution is -2.38. The molecule has 1 aromatic carbocycles. The van der Waals surface area contributed by atoms with E-state index >= 15 is 0 Å². The molecule has 0 fully saturated rings. The van der Waals surface area contributed by atoms with Crippen molar-refractivity contribution in [3.8, 4) is 11.5 Å². The highest BCUT2D eigenvalue weighted by Gasteiger charge is 2.33. The fourth-order valence-corrected chi connectivity index (χ4v) is 1.69. The predicted molar refractivity (Wildman–Crippen MR) is 67.2 cm³/mol. The first kappa shape index (κ1) is 16.1. The van der Waals surface area contributed by atoms with Crippen LogP contribution in [-0.2, 0) is 0 Å². The van der Waals surface area contributed by atoms with Crippen molar-refractivity contribution in [2.45, 2.75) is 13.1 Å². The number of nitrogens with zero attached hydrogens (tertiary/aromatic N) is 1. The maximum atomic E-state index is 12.4. The lowest BCUT2D eigenvalue weighted by molar-refractivity contribution is -0.140. The first-order valence-corrected chi connectivity index (χ1v) is 5.90. The number of benzene rings is 1. The fraction of sp³-hybridized carbons (Fsp3) is 0.462. The van der Waals surface area contributed by atoms with Gasteiger partial charge >= 0.3 is 6.18 Å². The minimum atomic E-state index is -4.44. The van der Waals surface area contributed by atoms with Gasteiger partial charge in [-0.3, -0.25) is 4.79 Å². The molecule has 1 rings (SSSR count). The molecule has 7 heteroatoms. The van der Waals surface area contributed by atoms with Gasteiger partial charge in [-0.15, -0.1) is 0 Å². The Bertz CT molecular complexity index is 474. The Labute approximate surface area is 115 Å². The Hall–Kier alpha value is -1.92. The molecule has 112 valence electrons. The van der Waals surface area contributed by atoms with E-state index in [0.29, 0.717) is 10.6 Å². The van der Waals surface area contributed by atoms with Gasteiger partial charge in [0.1, 0.15) is 18.0 Å². The summed E-state index contributed by atoms with van der Waals surface area (Å²) >= 11 is 0. The predicted octanol–water partition coefficient (Wildman–Crippen LogP) is 2.73. The third-order valence-electron chi connectivity index (χ3n) is 2.68. The number of ether oxygens (including phenoxy) is 2. The van der Waals surface area contributed by atoms with Gasteiger partial charge in [0.2, 0.25) is 0 Å². The molecule has 0 aliphatic rings. The molecule has 0 aliphatic carbocycles. The van der Waals surface area contributed by atoms with Gasteiger partial charge in [-0.05, 0) is 19.1 Å². The summed E-state index contributed by atoms with van der Waals surface area (Å²) in [7, 11) is 2.78. The van der Waals surface area contributed by atoms with Crippen LogP contribution in [0.15, 0.2) is 18.2 Å². The van der Waals surface area contributed by atoms with Gasteiger partial charge in [-0.2, -0.15) is 13.2 Å². The first-order chi connectivity index (χ1) is 9.32. The Balaban J connectivity index is 3.06. The van der Waals surface area contributed by atoms with Crippen molar-refractivity contribution in [3.05, 3.63) is 23.8 Å². The summed E-state index contributed by atoms with van der Waals surface area (Å²) in [5.41, 5.74) is 0.0689. The van der Waals surface area contributed by atoms with Crippen molar-refractivity contribution >= 4 is 5.91 Å². The normalized spacial score (nSPS) is 11.1. The lowest BCUT2D eigenvalue weighted by atomic mass is 10.1. The summed E-state index contributed by atoms with van der Waals surface area (Å²) in [6.07, 6.45) is -4.44. The average Bonchev–Trinajstić information content (AvgIpc) is 2.42. The first-order valence-electron chi connectivity index (χ1n) is 5.90. The van der Waals surface area contributed by atoms with Crippen molar-refractivity contribution in [1.82, 2.24) is 4.90 Å². The van der Waals surface area contributed by atoms with Gasteiger partial charge in [0, 0.05) is 12.6 Å². The minimum absolute atomic E-state index is 0.0481. The number of halogens is 3. The van der Waals surface area contributed by atoms with Crippen molar-refractivity contribution in [3.63, 3.8) is 0 Å². The summed E-state index contributed by atoms with van der Waals surface area (Å²) in [6.45, 7) is 0.144. The van der Waals surface area contributed by atoms with Gasteiger partial charge in [-0.25, -0.2) is 0 Å². The lowest BCUT2D eigenvalue weighted by Gasteiger charge is -2.23. The van der Waals surface area contributed by atoms with Crippen LogP contribution in [0.25, 0.3) is 0 Å². The molecular formula is C13H16F3NO3. The second-order valence-corrected chi connectivity index (χ2v) is 4.00. The smallest absolute Gasteiger partial charge is 0.406 e. The Kier molecular flexibility index (Phi) is 5.24. The quantitative estimate of drug-likeness (QED) is 0.837. The molecule has 0 bridgehead atoms. The Morgan fingerprint density at radius 3 is 2.35 bits per heavy atom. The summed E-state index contributed by atoms with van der Waals surface area (Å²) < 4.78 is 47.3. The number of methoxy groups -OCH3 is 2. The summed E-state index contributed by atoms with van der Waals surface area (Å²) in [4.78, 5) is 12.9. The molecule has 1 aromatic rings. The number of alkyl halides is 3. The van der Waals surface area contributed by atoms with Crippen molar-refractivity contribution < 1.29 is 27.4 Å². The van der Waals surface area contributed by atoms with Crippen LogP contribution in [0.4, 0.5) is 13.2 Å². The van der Waals surface area contributed by atoms with E-state index in [1.165, 1.54) is 39.3 Å². The van der Waals surface area contributed by atoms with Crippen LogP contribution >= 0.6 is 0 Å². The topological polar surface area (TPSA) is 38.8 Å². The number of amides is 1. The molecule has 0 radical (unpaired) electrons. The number of hydrogen-bond donors (Lipinski definition) is 0. The highest BCUT2D eigenvalue weighted by molar-refractivity contribution is 5.97. The Morgan fingerprint density at radius 1 is 1.25 bits per heavy atom. The summed E-state index contributed by atoms with van der Waals surface area (Å²) in [6, 6.07) is 4.34. The summed E-state index contributed by atoms with van der Waals surface area (Å²) in [5, 5.41) is 0. The minimum Gasteiger partial charge on any atom is -0.497 e. The van der Waals surface area contributed by atoms with E-state index in [1.54, 1.807) is 0 Å². The van der Waals surface area contributed by atoms with Crippen molar-refractivity contribution in [1.29, 1.82) is 0 Å². The van der Waals surface area contributed by atoms with Gasteiger partial charge < -0.3 is 14.4 Å². The zero-order valence-corrected chi connectivity index (χ0v) is 11.5. The fourth-order valence-electron chi connectivity index (χ4n) is 1.69. The van der Waals surface area contributed by atoms with E-state index in [-0.39, 0.29) is 17.9 Å². The number of rotatable bonds is 5.